The minimum absolute atomic E-state index is 0.0280. The molecule has 3 aromatic rings. The van der Waals surface area contributed by atoms with Gasteiger partial charge in [0.25, 0.3) is 0 Å². The number of carboxylic acids is 2. The van der Waals surface area contributed by atoms with Gasteiger partial charge in [0.15, 0.2) is 0 Å². The number of nitrogens with zero attached hydrogens (tertiary/aromatic N) is 2. The predicted octanol–water partition coefficient (Wildman–Crippen LogP) is 3.63. The number of aryl methyl sites for hydroxylation is 1. The summed E-state index contributed by atoms with van der Waals surface area (Å²) in [5, 5.41) is 28.1. The van der Waals surface area contributed by atoms with E-state index in [4.69, 9.17) is 0 Å². The number of hydrogen-bond acceptors (Lipinski definition) is 3. The number of rotatable bonds is 4. The zero-order valence-electron chi connectivity index (χ0n) is 13.8. The van der Waals surface area contributed by atoms with Gasteiger partial charge >= 0.3 is 11.9 Å². The van der Waals surface area contributed by atoms with Crippen LogP contribution in [0.2, 0.25) is 0 Å². The Labute approximate surface area is 149 Å². The van der Waals surface area contributed by atoms with Crippen LogP contribution in [0.5, 0.6) is 0 Å². The topological polar surface area (TPSA) is 103 Å². The maximum atomic E-state index is 11.6. The number of nitriles is 1. The minimum atomic E-state index is -1.12. The minimum Gasteiger partial charge on any atom is -0.478 e. The molecule has 6 heteroatoms. The van der Waals surface area contributed by atoms with E-state index in [9.17, 15) is 25.1 Å². The van der Waals surface area contributed by atoms with E-state index >= 15 is 0 Å². The molecule has 0 bridgehead atoms. The fraction of sp³-hybridized carbons (Fsp3) is 0.0500. The van der Waals surface area contributed by atoms with Crippen molar-refractivity contribution in [3.05, 3.63) is 71.5 Å². The standard InChI is InChI=1S/C20H14N2O4/c1-22-11-14(10-21)17(18(22)20(25)26)13-8-6-12(7-9-13)15-4-2-3-5-16(15)19(23)24/h2-9,11H,1H3,(H,23,24)(H,25,26). The Bertz CT molecular complexity index is 1060. The second-order valence-electron chi connectivity index (χ2n) is 5.72. The van der Waals surface area contributed by atoms with E-state index in [1.165, 1.54) is 16.8 Å². The molecule has 3 rings (SSSR count). The summed E-state index contributed by atoms with van der Waals surface area (Å²) < 4.78 is 1.41. The maximum absolute atomic E-state index is 11.6. The van der Waals surface area contributed by atoms with Crippen molar-refractivity contribution in [3.8, 4) is 28.3 Å². The van der Waals surface area contributed by atoms with Crippen molar-refractivity contribution in [2.75, 3.05) is 0 Å². The summed E-state index contributed by atoms with van der Waals surface area (Å²) in [6.07, 6.45) is 1.48. The third-order valence-electron chi connectivity index (χ3n) is 4.15. The van der Waals surface area contributed by atoms with Gasteiger partial charge in [0.05, 0.1) is 11.1 Å². The third kappa shape index (κ3) is 2.82. The van der Waals surface area contributed by atoms with E-state index in [0.717, 1.165) is 0 Å². The summed E-state index contributed by atoms with van der Waals surface area (Å²) in [4.78, 5) is 22.9. The molecule has 0 amide bonds. The van der Waals surface area contributed by atoms with Crippen molar-refractivity contribution in [2.24, 2.45) is 7.05 Å². The summed E-state index contributed by atoms with van der Waals surface area (Å²) in [5.74, 6) is -2.14. The SMILES string of the molecule is Cn1cc(C#N)c(-c2ccc(-c3ccccc3C(=O)O)cc2)c1C(=O)O. The Morgan fingerprint density at radius 3 is 2.15 bits per heavy atom. The fourth-order valence-electron chi connectivity index (χ4n) is 3.00. The fourth-order valence-corrected chi connectivity index (χ4v) is 3.00. The summed E-state index contributed by atoms with van der Waals surface area (Å²) in [7, 11) is 1.57. The van der Waals surface area contributed by atoms with E-state index in [0.29, 0.717) is 22.3 Å². The van der Waals surface area contributed by atoms with E-state index in [1.807, 2.05) is 6.07 Å². The van der Waals surface area contributed by atoms with Crippen molar-refractivity contribution in [2.45, 2.75) is 0 Å². The highest BCUT2D eigenvalue weighted by atomic mass is 16.4. The van der Waals surface area contributed by atoms with Crippen LogP contribution in [-0.2, 0) is 7.05 Å². The highest BCUT2D eigenvalue weighted by Gasteiger charge is 2.21. The number of carboxylic acid groups (broad SMARTS) is 2. The molecule has 128 valence electrons. The van der Waals surface area contributed by atoms with Crippen LogP contribution < -0.4 is 0 Å². The average molecular weight is 346 g/mol. The normalized spacial score (nSPS) is 10.3. The van der Waals surface area contributed by atoms with Gasteiger partial charge in [0, 0.05) is 18.8 Å². The molecule has 0 unspecified atom stereocenters. The van der Waals surface area contributed by atoms with Crippen LogP contribution in [0.25, 0.3) is 22.3 Å². The van der Waals surface area contributed by atoms with Gasteiger partial charge in [-0.3, -0.25) is 0 Å². The van der Waals surface area contributed by atoms with Crippen molar-refractivity contribution in [1.29, 1.82) is 5.26 Å². The zero-order chi connectivity index (χ0) is 18.8. The molecule has 2 aromatic carbocycles. The Kier molecular flexibility index (Phi) is 4.29. The molecule has 0 radical (unpaired) electrons. The third-order valence-corrected chi connectivity index (χ3v) is 4.15. The van der Waals surface area contributed by atoms with Crippen LogP contribution in [0.4, 0.5) is 0 Å². The lowest BCUT2D eigenvalue weighted by Gasteiger charge is -2.08. The molecular weight excluding hydrogens is 332 g/mol. The van der Waals surface area contributed by atoms with Gasteiger partial charge in [-0.1, -0.05) is 42.5 Å². The Morgan fingerprint density at radius 2 is 1.58 bits per heavy atom. The highest BCUT2D eigenvalue weighted by Crippen LogP contribution is 2.32. The lowest BCUT2D eigenvalue weighted by atomic mass is 9.96. The van der Waals surface area contributed by atoms with E-state index < -0.39 is 11.9 Å². The number of aromatic nitrogens is 1. The number of hydrogen-bond donors (Lipinski definition) is 2. The first-order valence-electron chi connectivity index (χ1n) is 7.70. The van der Waals surface area contributed by atoms with E-state index in [1.54, 1.807) is 49.5 Å². The van der Waals surface area contributed by atoms with Crippen LogP contribution in [0.15, 0.2) is 54.7 Å². The predicted molar refractivity (Wildman–Crippen MR) is 94.9 cm³/mol. The molecule has 1 heterocycles. The maximum Gasteiger partial charge on any atom is 0.353 e. The molecular formula is C20H14N2O4. The number of benzene rings is 2. The summed E-state index contributed by atoms with van der Waals surface area (Å²) in [6, 6.07) is 15.5. The second-order valence-corrected chi connectivity index (χ2v) is 5.72. The molecule has 0 saturated heterocycles. The quantitative estimate of drug-likeness (QED) is 0.751. The van der Waals surface area contributed by atoms with Crippen molar-refractivity contribution in [1.82, 2.24) is 4.57 Å². The van der Waals surface area contributed by atoms with Crippen LogP contribution in [0, 0.1) is 11.3 Å². The molecule has 0 atom stereocenters. The van der Waals surface area contributed by atoms with Crippen molar-refractivity contribution in [3.63, 3.8) is 0 Å². The van der Waals surface area contributed by atoms with Gasteiger partial charge < -0.3 is 14.8 Å². The number of carbonyl (C=O) groups is 2. The van der Waals surface area contributed by atoms with Crippen molar-refractivity contribution >= 4 is 11.9 Å². The van der Waals surface area contributed by atoms with Gasteiger partial charge in [-0.25, -0.2) is 9.59 Å². The zero-order valence-corrected chi connectivity index (χ0v) is 13.8. The highest BCUT2D eigenvalue weighted by molar-refractivity contribution is 5.98. The van der Waals surface area contributed by atoms with Gasteiger partial charge in [-0.05, 0) is 22.8 Å². The molecule has 0 aliphatic carbocycles. The molecule has 6 nitrogen and oxygen atoms in total. The Hall–Kier alpha value is -3.85. The van der Waals surface area contributed by atoms with Crippen LogP contribution in [-0.4, -0.2) is 26.7 Å². The molecule has 0 aliphatic rings. The lowest BCUT2D eigenvalue weighted by molar-refractivity contribution is 0.0680. The van der Waals surface area contributed by atoms with E-state index in [-0.39, 0.29) is 16.8 Å². The average Bonchev–Trinajstić information content (AvgIpc) is 2.98. The van der Waals surface area contributed by atoms with Gasteiger partial charge in [-0.2, -0.15) is 5.26 Å². The largest absolute Gasteiger partial charge is 0.478 e. The molecule has 0 spiro atoms. The Balaban J connectivity index is 2.12. The molecule has 0 aliphatic heterocycles. The monoisotopic (exact) mass is 346 g/mol. The number of aromatic carboxylic acids is 2. The molecule has 1 aromatic heterocycles. The second kappa shape index (κ2) is 6.57. The molecule has 26 heavy (non-hydrogen) atoms. The van der Waals surface area contributed by atoms with Crippen LogP contribution >= 0.6 is 0 Å². The smallest absolute Gasteiger partial charge is 0.353 e. The van der Waals surface area contributed by atoms with E-state index in [2.05, 4.69) is 0 Å². The lowest BCUT2D eigenvalue weighted by Crippen LogP contribution is -2.05. The van der Waals surface area contributed by atoms with Gasteiger partial charge in [0.2, 0.25) is 0 Å². The van der Waals surface area contributed by atoms with Crippen LogP contribution in [0.3, 0.4) is 0 Å². The first kappa shape index (κ1) is 17.0. The summed E-state index contributed by atoms with van der Waals surface area (Å²) >= 11 is 0. The molecule has 0 saturated carbocycles. The summed E-state index contributed by atoms with van der Waals surface area (Å²) in [5.41, 5.74) is 2.67. The molecule has 2 N–H and O–H groups in total. The summed E-state index contributed by atoms with van der Waals surface area (Å²) in [6.45, 7) is 0. The first-order valence-corrected chi connectivity index (χ1v) is 7.70. The Morgan fingerprint density at radius 1 is 0.962 bits per heavy atom. The van der Waals surface area contributed by atoms with Gasteiger partial charge in [-0.15, -0.1) is 0 Å². The first-order chi connectivity index (χ1) is 12.4. The van der Waals surface area contributed by atoms with Gasteiger partial charge in [0.1, 0.15) is 11.8 Å². The van der Waals surface area contributed by atoms with Crippen LogP contribution in [0.1, 0.15) is 26.4 Å². The van der Waals surface area contributed by atoms with Crippen molar-refractivity contribution < 1.29 is 19.8 Å². The molecule has 0 fully saturated rings.